The van der Waals surface area contributed by atoms with Crippen molar-refractivity contribution in [1.82, 2.24) is 0 Å². The Hall–Kier alpha value is -2.18. The Morgan fingerprint density at radius 3 is 2.27 bits per heavy atom. The summed E-state index contributed by atoms with van der Waals surface area (Å²) in [5.74, 6) is 0. The maximum Gasteiger partial charge on any atom is 0.299 e. The van der Waals surface area contributed by atoms with Crippen LogP contribution in [0.5, 0.6) is 0 Å². The average molecular weight is 209 g/mol. The molecule has 1 aliphatic rings. The Morgan fingerprint density at radius 1 is 1.13 bits per heavy atom. The summed E-state index contributed by atoms with van der Waals surface area (Å²) in [7, 11) is 0. The minimum Gasteiger partial charge on any atom is -0.362 e. The molecule has 0 atom stereocenters. The molecule has 0 aromatic heterocycles. The summed E-state index contributed by atoms with van der Waals surface area (Å²) < 4.78 is 0. The van der Waals surface area contributed by atoms with Crippen molar-refractivity contribution in [2.45, 2.75) is 0 Å². The van der Waals surface area contributed by atoms with Crippen molar-refractivity contribution in [3.8, 4) is 0 Å². The molecule has 0 spiro atoms. The highest BCUT2D eigenvalue weighted by Crippen LogP contribution is 2.34. The van der Waals surface area contributed by atoms with Gasteiger partial charge < -0.3 is 4.90 Å². The zero-order valence-electron chi connectivity index (χ0n) is 7.62. The number of anilines is 1. The second-order valence-corrected chi connectivity index (χ2v) is 3.17. The fourth-order valence-corrected chi connectivity index (χ4v) is 1.33. The van der Waals surface area contributed by atoms with Gasteiger partial charge in [-0.25, -0.2) is 0 Å². The number of non-ortho nitro benzene ring substituents is 1. The number of nitro groups is 2. The van der Waals surface area contributed by atoms with Crippen LogP contribution in [0, 0.1) is 20.2 Å². The molecule has 1 saturated heterocycles. The van der Waals surface area contributed by atoms with Gasteiger partial charge in [0.05, 0.1) is 15.9 Å². The summed E-state index contributed by atoms with van der Waals surface area (Å²) in [5, 5.41) is 21.1. The lowest BCUT2D eigenvalue weighted by molar-refractivity contribution is -0.393. The van der Waals surface area contributed by atoms with E-state index in [2.05, 4.69) is 0 Å². The first-order chi connectivity index (χ1) is 7.09. The number of benzene rings is 1. The number of nitrogens with zero attached hydrogens (tertiary/aromatic N) is 3. The van der Waals surface area contributed by atoms with Crippen LogP contribution in [0.25, 0.3) is 0 Å². The second-order valence-electron chi connectivity index (χ2n) is 3.17. The molecule has 78 valence electrons. The van der Waals surface area contributed by atoms with Gasteiger partial charge >= 0.3 is 0 Å². The summed E-state index contributed by atoms with van der Waals surface area (Å²) in [5.41, 5.74) is -0.0143. The molecule has 0 amide bonds. The van der Waals surface area contributed by atoms with E-state index in [1.807, 2.05) is 0 Å². The first-order valence-electron chi connectivity index (χ1n) is 4.27. The van der Waals surface area contributed by atoms with Crippen molar-refractivity contribution in [3.05, 3.63) is 38.4 Å². The summed E-state index contributed by atoms with van der Waals surface area (Å²) >= 11 is 0. The maximum absolute atomic E-state index is 10.7. The van der Waals surface area contributed by atoms with Gasteiger partial charge in [0.1, 0.15) is 5.69 Å². The third-order valence-corrected chi connectivity index (χ3v) is 2.15. The normalized spacial score (nSPS) is 13.7. The molecule has 2 rings (SSSR count). The van der Waals surface area contributed by atoms with Crippen LogP contribution < -0.4 is 4.90 Å². The molecule has 0 unspecified atom stereocenters. The van der Waals surface area contributed by atoms with Crippen molar-refractivity contribution in [2.75, 3.05) is 18.0 Å². The zero-order valence-corrected chi connectivity index (χ0v) is 7.62. The SMILES string of the molecule is O=[N+]([O-])c1ccc(N2CC2)c([N+](=O)[O-])c1. The zero-order chi connectivity index (χ0) is 11.0. The van der Waals surface area contributed by atoms with Gasteiger partial charge in [0.25, 0.3) is 11.4 Å². The van der Waals surface area contributed by atoms with Crippen LogP contribution in [0.1, 0.15) is 0 Å². The smallest absolute Gasteiger partial charge is 0.299 e. The molecule has 0 radical (unpaired) electrons. The Kier molecular flexibility index (Phi) is 2.00. The van der Waals surface area contributed by atoms with Gasteiger partial charge in [-0.3, -0.25) is 20.2 Å². The fraction of sp³-hybridized carbons (Fsp3) is 0.250. The van der Waals surface area contributed by atoms with Gasteiger partial charge in [-0.2, -0.15) is 0 Å². The van der Waals surface area contributed by atoms with E-state index in [0.29, 0.717) is 5.69 Å². The molecule has 15 heavy (non-hydrogen) atoms. The Morgan fingerprint density at radius 2 is 1.80 bits per heavy atom. The first kappa shape index (κ1) is 9.38. The topological polar surface area (TPSA) is 89.3 Å². The van der Waals surface area contributed by atoms with Crippen molar-refractivity contribution in [2.24, 2.45) is 0 Å². The second kappa shape index (κ2) is 3.19. The Balaban J connectivity index is 2.48. The van der Waals surface area contributed by atoms with Crippen LogP contribution in [0.2, 0.25) is 0 Å². The Labute approximate surface area is 84.2 Å². The summed E-state index contributed by atoms with van der Waals surface area (Å²) in [4.78, 5) is 21.7. The largest absolute Gasteiger partial charge is 0.362 e. The van der Waals surface area contributed by atoms with E-state index >= 15 is 0 Å². The molecule has 0 N–H and O–H groups in total. The van der Waals surface area contributed by atoms with E-state index in [-0.39, 0.29) is 11.4 Å². The minimum atomic E-state index is -0.640. The van der Waals surface area contributed by atoms with Crippen molar-refractivity contribution >= 4 is 17.1 Å². The molecule has 0 aliphatic carbocycles. The average Bonchev–Trinajstić information content (AvgIpc) is 2.99. The lowest BCUT2D eigenvalue weighted by Gasteiger charge is -2.02. The third kappa shape index (κ3) is 1.71. The van der Waals surface area contributed by atoms with E-state index in [0.717, 1.165) is 19.2 Å². The highest BCUT2D eigenvalue weighted by atomic mass is 16.6. The lowest BCUT2D eigenvalue weighted by atomic mass is 10.2. The van der Waals surface area contributed by atoms with Crippen LogP contribution in [-0.2, 0) is 0 Å². The van der Waals surface area contributed by atoms with Crippen molar-refractivity contribution in [3.63, 3.8) is 0 Å². The highest BCUT2D eigenvalue weighted by Gasteiger charge is 2.28. The van der Waals surface area contributed by atoms with Crippen LogP contribution in [0.3, 0.4) is 0 Å². The Bertz CT molecular complexity index is 442. The maximum atomic E-state index is 10.7. The predicted molar refractivity (Wildman–Crippen MR) is 52.0 cm³/mol. The third-order valence-electron chi connectivity index (χ3n) is 2.15. The lowest BCUT2D eigenvalue weighted by Crippen LogP contribution is -1.99. The van der Waals surface area contributed by atoms with Gasteiger partial charge in [-0.1, -0.05) is 0 Å². The fourth-order valence-electron chi connectivity index (χ4n) is 1.33. The van der Waals surface area contributed by atoms with Crippen LogP contribution in [-0.4, -0.2) is 22.9 Å². The summed E-state index contributed by atoms with van der Waals surface area (Å²) in [6.45, 7) is 1.53. The number of hydrogen-bond donors (Lipinski definition) is 0. The summed E-state index contributed by atoms with van der Waals surface area (Å²) in [6.07, 6.45) is 0. The van der Waals surface area contributed by atoms with Crippen LogP contribution in [0.15, 0.2) is 18.2 Å². The number of hydrogen-bond acceptors (Lipinski definition) is 5. The van der Waals surface area contributed by atoms with Gasteiger partial charge in [0.15, 0.2) is 0 Å². The van der Waals surface area contributed by atoms with Gasteiger partial charge in [0, 0.05) is 19.2 Å². The molecule has 0 bridgehead atoms. The minimum absolute atomic E-state index is 0.207. The molecule has 1 fully saturated rings. The van der Waals surface area contributed by atoms with E-state index in [1.54, 1.807) is 4.90 Å². The van der Waals surface area contributed by atoms with Gasteiger partial charge in [-0.05, 0) is 6.07 Å². The van der Waals surface area contributed by atoms with Crippen LogP contribution in [0.4, 0.5) is 17.1 Å². The van der Waals surface area contributed by atoms with Crippen molar-refractivity contribution in [1.29, 1.82) is 0 Å². The van der Waals surface area contributed by atoms with Gasteiger partial charge in [-0.15, -0.1) is 0 Å². The molecule has 7 heteroatoms. The molecular weight excluding hydrogens is 202 g/mol. The van der Waals surface area contributed by atoms with Crippen LogP contribution >= 0.6 is 0 Å². The molecule has 1 aromatic carbocycles. The molecule has 7 nitrogen and oxygen atoms in total. The summed E-state index contributed by atoms with van der Waals surface area (Å²) in [6, 6.07) is 3.69. The monoisotopic (exact) mass is 209 g/mol. The van der Waals surface area contributed by atoms with Crippen molar-refractivity contribution < 1.29 is 9.85 Å². The first-order valence-corrected chi connectivity index (χ1v) is 4.27. The molecule has 1 heterocycles. The standard InChI is InChI=1S/C8H7N3O4/c12-10(13)6-1-2-7(9-3-4-9)8(5-6)11(14)15/h1-2,5H,3-4H2. The van der Waals surface area contributed by atoms with E-state index in [4.69, 9.17) is 0 Å². The quantitative estimate of drug-likeness (QED) is 0.425. The van der Waals surface area contributed by atoms with E-state index in [9.17, 15) is 20.2 Å². The number of nitro benzene ring substituents is 2. The van der Waals surface area contributed by atoms with Gasteiger partial charge in [0.2, 0.25) is 0 Å². The highest BCUT2D eigenvalue weighted by molar-refractivity contribution is 5.69. The van der Waals surface area contributed by atoms with E-state index in [1.165, 1.54) is 12.1 Å². The molecule has 1 aliphatic heterocycles. The predicted octanol–water partition coefficient (Wildman–Crippen LogP) is 1.32. The van der Waals surface area contributed by atoms with E-state index < -0.39 is 9.85 Å². The molecule has 0 saturated carbocycles. The molecular formula is C8H7N3O4. The molecule has 1 aromatic rings. The number of rotatable bonds is 3.